The predicted octanol–water partition coefficient (Wildman–Crippen LogP) is 3.73. The number of benzene rings is 1. The molecule has 0 atom stereocenters. The molecule has 0 aliphatic heterocycles. The van der Waals surface area contributed by atoms with Gasteiger partial charge in [-0.05, 0) is 49.2 Å². The molecule has 2 heterocycles. The fourth-order valence-electron chi connectivity index (χ4n) is 2.47. The number of nitrogens with zero attached hydrogens (tertiary/aromatic N) is 1. The van der Waals surface area contributed by atoms with Crippen LogP contribution in [0, 0.1) is 6.92 Å². The summed E-state index contributed by atoms with van der Waals surface area (Å²) in [6.07, 6.45) is 2.17. The van der Waals surface area contributed by atoms with Gasteiger partial charge in [0.15, 0.2) is 5.13 Å². The van der Waals surface area contributed by atoms with Crippen LogP contribution in [0.1, 0.15) is 28.0 Å². The van der Waals surface area contributed by atoms with Gasteiger partial charge in [-0.15, -0.1) is 11.3 Å². The summed E-state index contributed by atoms with van der Waals surface area (Å²) >= 11 is 4.64. The minimum Gasteiger partial charge on any atom is -0.328 e. The lowest BCUT2D eigenvalue weighted by Crippen LogP contribution is -2.22. The molecule has 0 aliphatic rings. The Morgan fingerprint density at radius 3 is 2.82 bits per heavy atom. The van der Waals surface area contributed by atoms with Gasteiger partial charge in [-0.25, -0.2) is 4.98 Å². The first-order valence-electron chi connectivity index (χ1n) is 8.42. The molecule has 0 spiro atoms. The van der Waals surface area contributed by atoms with Crippen LogP contribution in [0.5, 0.6) is 0 Å². The van der Waals surface area contributed by atoms with E-state index < -0.39 is 11.5 Å². The Labute approximate surface area is 173 Å². The van der Waals surface area contributed by atoms with Gasteiger partial charge in [0.25, 0.3) is 11.5 Å². The van der Waals surface area contributed by atoms with E-state index in [0.29, 0.717) is 17.2 Å². The normalized spacial score (nSPS) is 10.5. The number of nitrogens with one attached hydrogen (secondary N) is 3. The Balaban J connectivity index is 1.54. The zero-order valence-corrected chi connectivity index (χ0v) is 17.3. The smallest absolute Gasteiger partial charge is 0.263 e. The van der Waals surface area contributed by atoms with Crippen LogP contribution in [0.15, 0.2) is 51.2 Å². The zero-order chi connectivity index (χ0) is 20.1. The average Bonchev–Trinajstić information content (AvgIpc) is 3.10. The number of amides is 2. The Bertz CT molecular complexity index is 1080. The van der Waals surface area contributed by atoms with Crippen molar-refractivity contribution < 1.29 is 9.59 Å². The molecule has 3 rings (SSSR count). The SMILES string of the molecule is Cc1cc(Br)ccc1NC(=O)CCc1csc(NC(=O)c2ccc[nH]c2=O)n1. The number of carbonyl (C=O) groups is 2. The lowest BCUT2D eigenvalue weighted by Gasteiger charge is -2.08. The molecule has 3 N–H and O–H groups in total. The standard InChI is InChI=1S/C19H17BrN4O3S/c1-11-9-12(20)4-6-15(11)23-16(25)7-5-13-10-28-19(22-13)24-18(27)14-3-2-8-21-17(14)26/h2-4,6,8-10H,5,7H2,1H3,(H,21,26)(H,23,25)(H,22,24,27). The quantitative estimate of drug-likeness (QED) is 0.521. The van der Waals surface area contributed by atoms with Gasteiger partial charge in [0.05, 0.1) is 5.69 Å². The number of pyridine rings is 1. The molecule has 0 unspecified atom stereocenters. The topological polar surface area (TPSA) is 104 Å². The second-order valence-electron chi connectivity index (χ2n) is 6.02. The lowest BCUT2D eigenvalue weighted by molar-refractivity contribution is -0.116. The van der Waals surface area contributed by atoms with Crippen LogP contribution >= 0.6 is 27.3 Å². The third kappa shape index (κ3) is 5.14. The molecule has 3 aromatic rings. The molecular formula is C19H17BrN4O3S. The third-order valence-electron chi connectivity index (χ3n) is 3.91. The fraction of sp³-hybridized carbons (Fsp3) is 0.158. The van der Waals surface area contributed by atoms with Crippen molar-refractivity contribution >= 4 is 49.9 Å². The summed E-state index contributed by atoms with van der Waals surface area (Å²) in [5.41, 5.74) is 2.00. The first-order valence-corrected chi connectivity index (χ1v) is 10.1. The van der Waals surface area contributed by atoms with Crippen LogP contribution in [-0.2, 0) is 11.2 Å². The van der Waals surface area contributed by atoms with E-state index in [1.54, 1.807) is 11.4 Å². The number of aryl methyl sites for hydroxylation is 2. The van der Waals surface area contributed by atoms with Crippen LogP contribution in [-0.4, -0.2) is 21.8 Å². The molecule has 2 amide bonds. The molecule has 0 saturated carbocycles. The third-order valence-corrected chi connectivity index (χ3v) is 5.21. The van der Waals surface area contributed by atoms with Gasteiger partial charge in [0.2, 0.25) is 5.91 Å². The van der Waals surface area contributed by atoms with Crippen molar-refractivity contribution in [2.24, 2.45) is 0 Å². The van der Waals surface area contributed by atoms with Gasteiger partial charge >= 0.3 is 0 Å². The number of aromatic amines is 1. The van der Waals surface area contributed by atoms with Gasteiger partial charge in [0.1, 0.15) is 5.56 Å². The monoisotopic (exact) mass is 460 g/mol. The molecule has 9 heteroatoms. The lowest BCUT2D eigenvalue weighted by atomic mass is 10.2. The van der Waals surface area contributed by atoms with Crippen molar-refractivity contribution in [1.82, 2.24) is 9.97 Å². The maximum atomic E-state index is 12.2. The molecule has 28 heavy (non-hydrogen) atoms. The van der Waals surface area contributed by atoms with Gasteiger partial charge < -0.3 is 10.3 Å². The van der Waals surface area contributed by atoms with Crippen molar-refractivity contribution in [1.29, 1.82) is 0 Å². The van der Waals surface area contributed by atoms with E-state index in [2.05, 4.69) is 36.5 Å². The van der Waals surface area contributed by atoms with Crippen molar-refractivity contribution in [3.05, 3.63) is 73.6 Å². The fourth-order valence-corrected chi connectivity index (χ4v) is 3.68. The average molecular weight is 461 g/mol. The largest absolute Gasteiger partial charge is 0.328 e. The maximum Gasteiger partial charge on any atom is 0.263 e. The molecule has 2 aromatic heterocycles. The Morgan fingerprint density at radius 1 is 1.25 bits per heavy atom. The van der Waals surface area contributed by atoms with Crippen LogP contribution in [0.25, 0.3) is 0 Å². The summed E-state index contributed by atoms with van der Waals surface area (Å²) in [6.45, 7) is 1.92. The van der Waals surface area contributed by atoms with Crippen LogP contribution in [0.2, 0.25) is 0 Å². The van der Waals surface area contributed by atoms with E-state index in [1.807, 2.05) is 25.1 Å². The predicted molar refractivity (Wildman–Crippen MR) is 113 cm³/mol. The number of hydrogen-bond donors (Lipinski definition) is 3. The Hall–Kier alpha value is -2.78. The first-order chi connectivity index (χ1) is 13.4. The Morgan fingerprint density at radius 2 is 2.07 bits per heavy atom. The highest BCUT2D eigenvalue weighted by Gasteiger charge is 2.13. The number of carbonyl (C=O) groups excluding carboxylic acids is 2. The highest BCUT2D eigenvalue weighted by atomic mass is 79.9. The van der Waals surface area contributed by atoms with Gasteiger partial charge in [-0.1, -0.05) is 15.9 Å². The summed E-state index contributed by atoms with van der Waals surface area (Å²) < 4.78 is 0.956. The molecule has 0 bridgehead atoms. The van der Waals surface area contributed by atoms with Crippen LogP contribution in [0.4, 0.5) is 10.8 Å². The molecule has 144 valence electrons. The van der Waals surface area contributed by atoms with Crippen molar-refractivity contribution in [2.75, 3.05) is 10.6 Å². The minimum absolute atomic E-state index is 0.0171. The van der Waals surface area contributed by atoms with Gasteiger partial charge in [0, 0.05) is 28.2 Å². The molecule has 1 aromatic carbocycles. The molecule has 0 fully saturated rings. The number of halogens is 1. The summed E-state index contributed by atoms with van der Waals surface area (Å²) in [4.78, 5) is 42.7. The number of H-pyrrole nitrogens is 1. The number of hydrogen-bond acceptors (Lipinski definition) is 5. The van der Waals surface area contributed by atoms with E-state index in [-0.39, 0.29) is 17.9 Å². The van der Waals surface area contributed by atoms with Crippen molar-refractivity contribution in [3.8, 4) is 0 Å². The van der Waals surface area contributed by atoms with Crippen LogP contribution < -0.4 is 16.2 Å². The Kier molecular flexibility index (Phi) is 6.37. The van der Waals surface area contributed by atoms with Gasteiger partial charge in [-0.3, -0.25) is 19.7 Å². The highest BCUT2D eigenvalue weighted by molar-refractivity contribution is 9.10. The first kappa shape index (κ1) is 20.0. The summed E-state index contributed by atoms with van der Waals surface area (Å²) in [6, 6.07) is 8.67. The van der Waals surface area contributed by atoms with E-state index in [1.165, 1.54) is 23.6 Å². The number of rotatable bonds is 6. The van der Waals surface area contributed by atoms with E-state index in [4.69, 9.17) is 0 Å². The molecule has 0 radical (unpaired) electrons. The van der Waals surface area contributed by atoms with E-state index in [0.717, 1.165) is 15.7 Å². The number of thiazole rings is 1. The minimum atomic E-state index is -0.522. The maximum absolute atomic E-state index is 12.2. The van der Waals surface area contributed by atoms with Crippen molar-refractivity contribution in [3.63, 3.8) is 0 Å². The second-order valence-corrected chi connectivity index (χ2v) is 7.79. The summed E-state index contributed by atoms with van der Waals surface area (Å²) in [5, 5.41) is 7.65. The summed E-state index contributed by atoms with van der Waals surface area (Å²) in [7, 11) is 0. The van der Waals surface area contributed by atoms with Crippen LogP contribution in [0.3, 0.4) is 0 Å². The number of anilines is 2. The molecule has 7 nitrogen and oxygen atoms in total. The van der Waals surface area contributed by atoms with E-state index in [9.17, 15) is 14.4 Å². The second kappa shape index (κ2) is 8.94. The molecular weight excluding hydrogens is 444 g/mol. The van der Waals surface area contributed by atoms with Gasteiger partial charge in [-0.2, -0.15) is 0 Å². The zero-order valence-electron chi connectivity index (χ0n) is 14.9. The van der Waals surface area contributed by atoms with E-state index >= 15 is 0 Å². The summed E-state index contributed by atoms with van der Waals surface area (Å²) in [5.74, 6) is -0.633. The number of aromatic nitrogens is 2. The van der Waals surface area contributed by atoms with Crippen molar-refractivity contribution in [2.45, 2.75) is 19.8 Å². The highest BCUT2D eigenvalue weighted by Crippen LogP contribution is 2.21. The molecule has 0 aliphatic carbocycles. The molecule has 0 saturated heterocycles.